The van der Waals surface area contributed by atoms with Gasteiger partial charge in [0.25, 0.3) is 0 Å². The fourth-order valence-corrected chi connectivity index (χ4v) is 12.4. The molecule has 1 saturated heterocycles. The molecule has 9 aromatic rings. The first kappa shape index (κ1) is 52.3. The number of aryl methyl sites for hydroxylation is 2. The maximum absolute atomic E-state index is 11.4. The number of benzene rings is 3. The van der Waals surface area contributed by atoms with Gasteiger partial charge in [-0.1, -0.05) is 36.4 Å². The monoisotopic (exact) mass is 1170 g/mol. The van der Waals surface area contributed by atoms with Crippen LogP contribution < -0.4 is 26.8 Å². The highest BCUT2D eigenvalue weighted by Gasteiger charge is 2.54. The first-order chi connectivity index (χ1) is 37.1. The molecule has 1 amide bonds. The van der Waals surface area contributed by atoms with E-state index in [1.54, 1.807) is 7.11 Å². The summed E-state index contributed by atoms with van der Waals surface area (Å²) in [5, 5.41) is 31.4. The summed E-state index contributed by atoms with van der Waals surface area (Å²) < 4.78 is 24.0. The zero-order chi connectivity index (χ0) is 53.7. The Bertz CT molecular complexity index is 3650. The second-order valence-corrected chi connectivity index (χ2v) is 22.5. The number of hydrogen-bond acceptors (Lipinski definition) is 15. The molecular weight excluding hydrogens is 1110 g/mol. The minimum absolute atomic E-state index is 0.0138. The summed E-state index contributed by atoms with van der Waals surface area (Å²) in [5.41, 5.74) is 18.8. The van der Waals surface area contributed by atoms with Gasteiger partial charge in [-0.25, -0.2) is 29.9 Å². The van der Waals surface area contributed by atoms with Crippen LogP contribution in [0.2, 0.25) is 0 Å². The number of ether oxygens (including phenoxy) is 3. The van der Waals surface area contributed by atoms with Crippen molar-refractivity contribution in [3.8, 4) is 5.75 Å². The first-order valence-electron chi connectivity index (χ1n) is 25.8. The minimum atomic E-state index is -0.896. The van der Waals surface area contributed by atoms with Crippen molar-refractivity contribution in [3.05, 3.63) is 136 Å². The van der Waals surface area contributed by atoms with Crippen LogP contribution in [0.1, 0.15) is 75.2 Å². The molecule has 18 nitrogen and oxygen atoms in total. The smallest absolute Gasteiger partial charge is 0.222 e. The zero-order valence-electron chi connectivity index (χ0n) is 43.0. The molecule has 3 aliphatic rings. The summed E-state index contributed by atoms with van der Waals surface area (Å²) in [6.45, 7) is 6.11. The van der Waals surface area contributed by atoms with Crippen LogP contribution in [0.15, 0.2) is 119 Å². The van der Waals surface area contributed by atoms with Gasteiger partial charge in [-0.05, 0) is 161 Å². The van der Waals surface area contributed by atoms with E-state index in [1.165, 1.54) is 25.1 Å². The fourth-order valence-electron chi connectivity index (χ4n) is 11.5. The van der Waals surface area contributed by atoms with E-state index in [9.17, 15) is 15.0 Å². The SMILES string of the molecule is CC(=O)Nc1nc2cc(CC[C@H]3C[C@@H](n4ccc5c(N)ncnc54)[C@H](O)[C@@H]3O)ccc2cc1Br.COc1ccc(CNc2nc3cc(CC[C@H]4C[C@@H](n5ccc6c(N)ncnc65)[C@@H]5OC(C)(C)O[C@H]45)ccc3cc2Br)cc1. The van der Waals surface area contributed by atoms with Crippen LogP contribution in [-0.2, 0) is 33.7 Å². The van der Waals surface area contributed by atoms with Crippen LogP contribution in [-0.4, -0.2) is 92.5 Å². The van der Waals surface area contributed by atoms with Crippen molar-refractivity contribution in [2.45, 2.75) is 108 Å². The highest BCUT2D eigenvalue weighted by Crippen LogP contribution is 2.49. The normalized spacial score (nSPS) is 22.6. The molecule has 6 aromatic heterocycles. The molecule has 8 N–H and O–H groups in total. The summed E-state index contributed by atoms with van der Waals surface area (Å²) in [6, 6.07) is 28.4. The van der Waals surface area contributed by atoms with Crippen LogP contribution in [0.4, 0.5) is 23.3 Å². The van der Waals surface area contributed by atoms with Gasteiger partial charge in [0.2, 0.25) is 5.91 Å². The number of nitrogen functional groups attached to an aromatic ring is 2. The highest BCUT2D eigenvalue weighted by atomic mass is 79.9. The van der Waals surface area contributed by atoms with Gasteiger partial charge in [0.15, 0.2) is 5.79 Å². The van der Waals surface area contributed by atoms with Crippen molar-refractivity contribution in [2.75, 3.05) is 29.2 Å². The Labute approximate surface area is 461 Å². The average Bonchev–Trinajstić information content (AvgIpc) is 4.41. The molecule has 12 rings (SSSR count). The minimum Gasteiger partial charge on any atom is -0.497 e. The molecule has 0 radical (unpaired) electrons. The Morgan fingerprint density at radius 2 is 1.23 bits per heavy atom. The number of fused-ring (bicyclic) bond motifs is 5. The van der Waals surface area contributed by atoms with Crippen molar-refractivity contribution >= 4 is 105 Å². The number of nitrogens with one attached hydrogen (secondary N) is 2. The summed E-state index contributed by atoms with van der Waals surface area (Å²) in [5.74, 6) is 2.50. The van der Waals surface area contributed by atoms with Crippen molar-refractivity contribution in [1.29, 1.82) is 0 Å². The number of anilines is 4. The number of aromatic nitrogens is 8. The van der Waals surface area contributed by atoms with E-state index < -0.39 is 18.0 Å². The van der Waals surface area contributed by atoms with E-state index in [1.807, 2.05) is 73.1 Å². The molecule has 8 atom stereocenters. The van der Waals surface area contributed by atoms with Crippen molar-refractivity contribution in [2.24, 2.45) is 11.8 Å². The first-order valence-corrected chi connectivity index (χ1v) is 27.4. The quantitative estimate of drug-likeness (QED) is 0.0629. The Morgan fingerprint density at radius 3 is 1.83 bits per heavy atom. The number of hydrogen-bond donors (Lipinski definition) is 6. The van der Waals surface area contributed by atoms with Gasteiger partial charge in [0.05, 0.1) is 62.2 Å². The molecule has 2 saturated carbocycles. The predicted octanol–water partition coefficient (Wildman–Crippen LogP) is 9.86. The maximum atomic E-state index is 11.4. The Balaban J connectivity index is 0.000000169. The van der Waals surface area contributed by atoms with Gasteiger partial charge in [0.1, 0.15) is 65.2 Å². The van der Waals surface area contributed by atoms with Gasteiger partial charge < -0.3 is 55.7 Å². The lowest BCUT2D eigenvalue weighted by molar-refractivity contribution is -0.160. The number of pyridine rings is 2. The van der Waals surface area contributed by atoms with Crippen molar-refractivity contribution in [3.63, 3.8) is 0 Å². The molecule has 0 unspecified atom stereocenters. The molecule has 3 aromatic carbocycles. The van der Waals surface area contributed by atoms with E-state index in [2.05, 4.69) is 115 Å². The number of aliphatic hydroxyl groups excluding tert-OH is 2. The van der Waals surface area contributed by atoms with Crippen molar-refractivity contribution in [1.82, 2.24) is 39.0 Å². The highest BCUT2D eigenvalue weighted by molar-refractivity contribution is 9.11. The number of carbonyl (C=O) groups excluding carboxylic acids is 1. The number of carbonyl (C=O) groups is 1. The molecule has 77 heavy (non-hydrogen) atoms. The third kappa shape index (κ3) is 10.8. The third-order valence-corrected chi connectivity index (χ3v) is 16.5. The van der Waals surface area contributed by atoms with Crippen LogP contribution >= 0.6 is 31.9 Å². The van der Waals surface area contributed by atoms with Gasteiger partial charge >= 0.3 is 0 Å². The van der Waals surface area contributed by atoms with Crippen LogP contribution in [0.3, 0.4) is 0 Å². The van der Waals surface area contributed by atoms with Gasteiger partial charge in [-0.15, -0.1) is 0 Å². The Hall–Kier alpha value is -6.81. The van der Waals surface area contributed by atoms with Gasteiger partial charge in [-0.2, -0.15) is 0 Å². The van der Waals surface area contributed by atoms with Crippen LogP contribution in [0.25, 0.3) is 43.9 Å². The largest absolute Gasteiger partial charge is 0.497 e. The van der Waals surface area contributed by atoms with E-state index in [0.717, 1.165) is 95.5 Å². The number of nitrogens with zero attached hydrogens (tertiary/aromatic N) is 8. The van der Waals surface area contributed by atoms with Crippen LogP contribution in [0.5, 0.6) is 5.75 Å². The maximum Gasteiger partial charge on any atom is 0.222 e. The number of nitrogens with two attached hydrogens (primary N) is 2. The van der Waals surface area contributed by atoms with Gasteiger partial charge in [-0.3, -0.25) is 4.79 Å². The molecule has 2 aliphatic carbocycles. The van der Waals surface area contributed by atoms with E-state index >= 15 is 0 Å². The topological polar surface area (TPSA) is 249 Å². The van der Waals surface area contributed by atoms with Crippen LogP contribution in [0, 0.1) is 11.8 Å². The molecule has 1 aliphatic heterocycles. The molecule has 7 heterocycles. The van der Waals surface area contributed by atoms with E-state index in [0.29, 0.717) is 48.4 Å². The number of aliphatic hydroxyl groups is 2. The number of methoxy groups -OCH3 is 1. The third-order valence-electron chi connectivity index (χ3n) is 15.3. The standard InChI is InChI=1S/C33H35BrN6O3.C24H25BrN6O3/c1-33(2)42-28-22(16-27(29(28)43-33)40-13-12-24-30(35)37-18-38-32(24)40)9-5-19-4-8-21-15-25(34)31(39-26(21)14-19)36-17-20-6-10-23(41-3)11-7-20;1-12(32)29-23-17(25)9-14-4-2-13(8-18(14)30-23)3-5-15-10-19(21(34)20(15)33)31-7-6-16-22(26)27-11-28-24(16)31/h4,6-8,10-15,18,22,27-29H,5,9,16-17H2,1-3H3,(H,36,39)(H2,35,37,38);2,4,6-9,11,15,19-21,33-34H,3,5,10H2,1H3,(H2,26,27,28)(H,29,30,32)/t22-,27+,28+,29-;15-,19+,20+,21-/m00/s1. The second kappa shape index (κ2) is 21.5. The summed E-state index contributed by atoms with van der Waals surface area (Å²) in [7, 11) is 1.68. The summed E-state index contributed by atoms with van der Waals surface area (Å²) >= 11 is 7.14. The number of halogens is 2. The van der Waals surface area contributed by atoms with Gasteiger partial charge in [0, 0.05) is 36.6 Å². The second-order valence-electron chi connectivity index (χ2n) is 20.8. The van der Waals surface area contributed by atoms with E-state index in [-0.39, 0.29) is 36.1 Å². The fraction of sp³-hybridized carbons (Fsp3) is 0.351. The Morgan fingerprint density at radius 1 is 0.701 bits per heavy atom. The molecular formula is C57H60Br2N12O6. The number of amides is 1. The molecule has 3 fully saturated rings. The lowest BCUT2D eigenvalue weighted by Gasteiger charge is -2.24. The lowest BCUT2D eigenvalue weighted by Crippen LogP contribution is -2.29. The molecule has 20 heteroatoms. The van der Waals surface area contributed by atoms with Crippen molar-refractivity contribution < 1.29 is 29.2 Å². The molecule has 0 spiro atoms. The molecule has 0 bridgehead atoms. The predicted molar refractivity (Wildman–Crippen MR) is 304 cm³/mol. The molecule has 398 valence electrons. The average molecular weight is 1170 g/mol. The summed E-state index contributed by atoms with van der Waals surface area (Å²) in [4.78, 5) is 38.0. The zero-order valence-corrected chi connectivity index (χ0v) is 46.1. The lowest BCUT2D eigenvalue weighted by atomic mass is 9.95. The Kier molecular flexibility index (Phi) is 14.6. The summed E-state index contributed by atoms with van der Waals surface area (Å²) in [6.07, 6.45) is 9.99. The van der Waals surface area contributed by atoms with E-state index in [4.69, 9.17) is 30.7 Å². The number of rotatable bonds is 13.